The Hall–Kier alpha value is -4.64. The lowest BCUT2D eigenvalue weighted by Crippen LogP contribution is -2.42. The first-order valence-corrected chi connectivity index (χ1v) is 14.1. The second-order valence-corrected chi connectivity index (χ2v) is 10.5. The Bertz CT molecular complexity index is 1580. The highest BCUT2D eigenvalue weighted by molar-refractivity contribution is 7.99. The van der Waals surface area contributed by atoms with Crippen LogP contribution in [0.1, 0.15) is 28.6 Å². The number of anilines is 1. The maximum atomic E-state index is 14.9. The van der Waals surface area contributed by atoms with Crippen LogP contribution in [0.25, 0.3) is 0 Å². The van der Waals surface area contributed by atoms with Crippen LogP contribution in [0.4, 0.5) is 10.1 Å². The van der Waals surface area contributed by atoms with E-state index >= 15 is 0 Å². The quantitative estimate of drug-likeness (QED) is 0.192. The first-order valence-electron chi connectivity index (χ1n) is 13.1. The Morgan fingerprint density at radius 1 is 1.00 bits per heavy atom. The van der Waals surface area contributed by atoms with Crippen LogP contribution in [0, 0.1) is 19.7 Å². The number of hydrogen-bond donors (Lipinski definition) is 1. The van der Waals surface area contributed by atoms with E-state index in [0.717, 1.165) is 23.1 Å². The van der Waals surface area contributed by atoms with Gasteiger partial charge >= 0.3 is 0 Å². The maximum absolute atomic E-state index is 14.9. The highest BCUT2D eigenvalue weighted by atomic mass is 32.2. The molecular formula is C31H29FN4O5S. The van der Waals surface area contributed by atoms with Gasteiger partial charge in [-0.3, -0.25) is 9.59 Å². The number of nitrogens with zero attached hydrogens (tertiary/aromatic N) is 3. The Morgan fingerprint density at radius 3 is 2.43 bits per heavy atom. The molecule has 11 heteroatoms. The number of rotatable bonds is 10. The molecule has 9 nitrogen and oxygen atoms in total. The molecular weight excluding hydrogens is 559 g/mol. The average molecular weight is 589 g/mol. The molecule has 0 bridgehead atoms. The fourth-order valence-corrected chi connectivity index (χ4v) is 5.38. The molecule has 0 saturated heterocycles. The summed E-state index contributed by atoms with van der Waals surface area (Å²) >= 11 is 1.15. The standard InChI is InChI=1S/C31H29FN4O5S/c1-19-14-20(2)34-31(33-19)42-17-28(37)36(16-22-6-4-5-7-25(22)32)29(21-8-13-26-27(15-21)41-18-40-26)30(38)35-23-9-11-24(39-3)12-10-23/h4-15,29H,16-18H2,1-3H3,(H,35,38)/t29-/m1/s1. The molecule has 1 aliphatic heterocycles. The van der Waals surface area contributed by atoms with Gasteiger partial charge in [0.2, 0.25) is 12.7 Å². The third-order valence-electron chi connectivity index (χ3n) is 6.54. The van der Waals surface area contributed by atoms with Gasteiger partial charge in [-0.15, -0.1) is 0 Å². The lowest BCUT2D eigenvalue weighted by molar-refractivity contribution is -0.137. The van der Waals surface area contributed by atoms with Crippen LogP contribution in [0.5, 0.6) is 17.2 Å². The van der Waals surface area contributed by atoms with Crippen LogP contribution in [0.15, 0.2) is 78.0 Å². The van der Waals surface area contributed by atoms with Crippen molar-refractivity contribution in [3.63, 3.8) is 0 Å². The highest BCUT2D eigenvalue weighted by Crippen LogP contribution is 2.37. The number of ether oxygens (including phenoxy) is 3. The second kappa shape index (κ2) is 12.9. The number of thioether (sulfide) groups is 1. The van der Waals surface area contributed by atoms with E-state index in [9.17, 15) is 14.0 Å². The molecule has 1 aromatic heterocycles. The van der Waals surface area contributed by atoms with Gasteiger partial charge in [0, 0.05) is 29.2 Å². The molecule has 0 radical (unpaired) electrons. The first-order chi connectivity index (χ1) is 20.3. The number of carbonyl (C=O) groups excluding carboxylic acids is 2. The number of hydrogen-bond acceptors (Lipinski definition) is 8. The summed E-state index contributed by atoms with van der Waals surface area (Å²) in [4.78, 5) is 38.2. The largest absolute Gasteiger partial charge is 0.497 e. The fourth-order valence-electron chi connectivity index (χ4n) is 4.54. The smallest absolute Gasteiger partial charge is 0.251 e. The van der Waals surface area contributed by atoms with Gasteiger partial charge in [-0.2, -0.15) is 0 Å². The van der Waals surface area contributed by atoms with Crippen LogP contribution in [-0.2, 0) is 16.1 Å². The predicted octanol–water partition coefficient (Wildman–Crippen LogP) is 5.47. The number of benzene rings is 3. The molecule has 2 heterocycles. The molecule has 1 atom stereocenters. The number of halogens is 1. The van der Waals surface area contributed by atoms with Crippen LogP contribution < -0.4 is 19.5 Å². The molecule has 0 unspecified atom stereocenters. The van der Waals surface area contributed by atoms with Crippen molar-refractivity contribution in [2.45, 2.75) is 31.6 Å². The molecule has 0 saturated carbocycles. The lowest BCUT2D eigenvalue weighted by atomic mass is 10.0. The molecule has 1 N–H and O–H groups in total. The zero-order chi connectivity index (χ0) is 29.6. The Morgan fingerprint density at radius 2 is 1.71 bits per heavy atom. The molecule has 0 aliphatic carbocycles. The van der Waals surface area contributed by atoms with E-state index in [2.05, 4.69) is 15.3 Å². The third-order valence-corrected chi connectivity index (χ3v) is 7.37. The molecule has 3 aromatic carbocycles. The van der Waals surface area contributed by atoms with Crippen LogP contribution in [0.2, 0.25) is 0 Å². The summed E-state index contributed by atoms with van der Waals surface area (Å²) < 4.78 is 31.1. The van der Waals surface area contributed by atoms with E-state index in [-0.39, 0.29) is 24.7 Å². The number of aryl methyl sites for hydroxylation is 2. The van der Waals surface area contributed by atoms with E-state index in [1.54, 1.807) is 67.8 Å². The van der Waals surface area contributed by atoms with Gasteiger partial charge in [0.15, 0.2) is 16.7 Å². The van der Waals surface area contributed by atoms with E-state index in [4.69, 9.17) is 14.2 Å². The molecule has 2 amide bonds. The zero-order valence-corrected chi connectivity index (χ0v) is 24.1. The number of nitrogens with one attached hydrogen (secondary N) is 1. The van der Waals surface area contributed by atoms with Gasteiger partial charge in [-0.05, 0) is 67.9 Å². The van der Waals surface area contributed by atoms with Gasteiger partial charge in [-0.25, -0.2) is 14.4 Å². The van der Waals surface area contributed by atoms with Gasteiger partial charge in [-0.1, -0.05) is 36.0 Å². The molecule has 0 spiro atoms. The maximum Gasteiger partial charge on any atom is 0.251 e. The Labute approximate surface area is 247 Å². The van der Waals surface area contributed by atoms with Gasteiger partial charge < -0.3 is 24.4 Å². The number of fused-ring (bicyclic) bond motifs is 1. The average Bonchev–Trinajstić information content (AvgIpc) is 3.45. The SMILES string of the molecule is COc1ccc(NC(=O)[C@@H](c2ccc3c(c2)OCO3)N(Cc2ccccc2F)C(=O)CSc2nc(C)cc(C)n2)cc1. The van der Waals surface area contributed by atoms with Crippen LogP contribution in [0.3, 0.4) is 0 Å². The van der Waals surface area contributed by atoms with Crippen molar-refractivity contribution in [1.82, 2.24) is 14.9 Å². The minimum atomic E-state index is -1.14. The zero-order valence-electron chi connectivity index (χ0n) is 23.3. The summed E-state index contributed by atoms with van der Waals surface area (Å²) in [5.74, 6) is 0.153. The first kappa shape index (κ1) is 28.9. The second-order valence-electron chi connectivity index (χ2n) is 9.57. The van der Waals surface area contributed by atoms with E-state index in [1.807, 2.05) is 19.9 Å². The van der Waals surface area contributed by atoms with Gasteiger partial charge in [0.1, 0.15) is 17.6 Å². The van der Waals surface area contributed by atoms with Gasteiger partial charge in [0.05, 0.1) is 12.9 Å². The summed E-state index contributed by atoms with van der Waals surface area (Å²) in [6.45, 7) is 3.59. The van der Waals surface area contributed by atoms with Crippen molar-refractivity contribution in [1.29, 1.82) is 0 Å². The van der Waals surface area contributed by atoms with Crippen molar-refractivity contribution in [2.75, 3.05) is 25.0 Å². The monoisotopic (exact) mass is 588 g/mol. The number of amides is 2. The number of aromatic nitrogens is 2. The highest BCUT2D eigenvalue weighted by Gasteiger charge is 2.33. The summed E-state index contributed by atoms with van der Waals surface area (Å²) in [7, 11) is 1.55. The van der Waals surface area contributed by atoms with Crippen molar-refractivity contribution in [3.8, 4) is 17.2 Å². The Kier molecular flexibility index (Phi) is 8.87. The van der Waals surface area contributed by atoms with Crippen molar-refractivity contribution in [3.05, 3.63) is 101 Å². The summed E-state index contributed by atoms with van der Waals surface area (Å²) in [6, 6.07) is 18.8. The van der Waals surface area contributed by atoms with Crippen LogP contribution >= 0.6 is 11.8 Å². The normalized spacial score (nSPS) is 12.5. The van der Waals surface area contributed by atoms with Crippen molar-refractivity contribution < 1.29 is 28.2 Å². The third kappa shape index (κ3) is 6.80. The summed E-state index contributed by atoms with van der Waals surface area (Å²) in [5.41, 5.74) is 2.79. The lowest BCUT2D eigenvalue weighted by Gasteiger charge is -2.31. The molecule has 42 heavy (non-hydrogen) atoms. The van der Waals surface area contributed by atoms with Crippen molar-refractivity contribution >= 4 is 29.3 Å². The van der Waals surface area contributed by atoms with E-state index < -0.39 is 23.7 Å². The molecule has 0 fully saturated rings. The predicted molar refractivity (Wildman–Crippen MR) is 156 cm³/mol. The van der Waals surface area contributed by atoms with Gasteiger partial charge in [0.25, 0.3) is 5.91 Å². The Balaban J connectivity index is 1.52. The minimum absolute atomic E-state index is 0.0475. The van der Waals surface area contributed by atoms with E-state index in [0.29, 0.717) is 33.7 Å². The molecule has 216 valence electrons. The summed E-state index contributed by atoms with van der Waals surface area (Å²) in [5, 5.41) is 3.34. The minimum Gasteiger partial charge on any atom is -0.497 e. The van der Waals surface area contributed by atoms with Crippen LogP contribution in [-0.4, -0.2) is 46.3 Å². The molecule has 1 aliphatic rings. The molecule has 4 aromatic rings. The number of methoxy groups -OCH3 is 1. The molecule has 5 rings (SSSR count). The van der Waals surface area contributed by atoms with E-state index in [1.165, 1.54) is 11.0 Å². The number of carbonyl (C=O) groups is 2. The van der Waals surface area contributed by atoms with Crippen molar-refractivity contribution in [2.24, 2.45) is 0 Å². The topological polar surface area (TPSA) is 103 Å². The fraction of sp³-hybridized carbons (Fsp3) is 0.226. The summed E-state index contributed by atoms with van der Waals surface area (Å²) in [6.07, 6.45) is 0.